The van der Waals surface area contributed by atoms with Crippen LogP contribution in [0.5, 0.6) is 0 Å². The van der Waals surface area contributed by atoms with Gasteiger partial charge < -0.3 is 5.32 Å². The molecule has 0 saturated carbocycles. The van der Waals surface area contributed by atoms with Gasteiger partial charge in [0.15, 0.2) is 0 Å². The number of aromatic nitrogens is 4. The monoisotopic (exact) mass is 1210 g/mol. The Morgan fingerprint density at radius 1 is 0.534 bits per heavy atom. The van der Waals surface area contributed by atoms with Crippen LogP contribution in [0.25, 0.3) is 0 Å². The maximum atomic E-state index is 12.9. The molecule has 3 N–H and O–H groups in total. The Labute approximate surface area is 458 Å². The van der Waals surface area contributed by atoms with E-state index in [0.29, 0.717) is 58.4 Å². The molecular weight excluding hydrogens is 1160 g/mol. The third-order valence-electron chi connectivity index (χ3n) is 10.8. The number of benzene rings is 4. The summed E-state index contributed by atoms with van der Waals surface area (Å²) < 4.78 is 110. The number of rotatable bonds is 17. The second-order valence-corrected chi connectivity index (χ2v) is 27.6. The Balaban J connectivity index is 0.000000214. The molecule has 0 amide bonds. The maximum absolute atomic E-state index is 12.9. The van der Waals surface area contributed by atoms with E-state index in [9.17, 15) is 33.7 Å². The van der Waals surface area contributed by atoms with Crippen molar-refractivity contribution < 1.29 is 33.7 Å². The molecule has 390 valence electrons. The fourth-order valence-corrected chi connectivity index (χ4v) is 15.5. The Hall–Kier alpha value is -3.69. The molecule has 0 atom stereocenters. The van der Waals surface area contributed by atoms with E-state index in [4.69, 9.17) is 58.0 Å². The van der Waals surface area contributed by atoms with E-state index in [1.807, 2.05) is 6.92 Å². The van der Waals surface area contributed by atoms with Gasteiger partial charge in [-0.05, 0) is 117 Å². The second-order valence-electron chi connectivity index (χ2n) is 16.1. The molecule has 28 heteroatoms. The summed E-state index contributed by atoms with van der Waals surface area (Å²) in [5, 5.41) is 3.76. The highest BCUT2D eigenvalue weighted by Crippen LogP contribution is 2.36. The molecule has 2 fully saturated rings. The van der Waals surface area contributed by atoms with Crippen molar-refractivity contribution in [3.05, 3.63) is 123 Å². The lowest BCUT2D eigenvalue weighted by atomic mass is 10.2. The highest BCUT2D eigenvalue weighted by Gasteiger charge is 2.28. The van der Waals surface area contributed by atoms with Crippen LogP contribution >= 0.6 is 81.5 Å². The van der Waals surface area contributed by atoms with Crippen LogP contribution in [0, 0.1) is 0 Å². The largest absolute Gasteiger partial charge is 0.369 e. The van der Waals surface area contributed by atoms with Gasteiger partial charge in [-0.3, -0.25) is 0 Å². The quantitative estimate of drug-likeness (QED) is 0.0721. The molecule has 4 aromatic carbocycles. The third kappa shape index (κ3) is 14.8. The molecular formula is C45H46Cl5N9O8S6. The van der Waals surface area contributed by atoms with E-state index in [2.05, 4.69) is 34.7 Å². The smallest absolute Gasteiger partial charge is 0.265 e. The third-order valence-corrected chi connectivity index (χ3v) is 21.2. The summed E-state index contributed by atoms with van der Waals surface area (Å²) in [5.41, 5.74) is 0. The molecule has 4 heterocycles. The summed E-state index contributed by atoms with van der Waals surface area (Å²) in [7, 11) is -15.2. The number of sulfonamides is 4. The first-order valence-corrected chi connectivity index (χ1v) is 31.7. The molecule has 0 spiro atoms. The molecule has 2 aliphatic rings. The summed E-state index contributed by atoms with van der Waals surface area (Å²) in [4.78, 5) is 19.4. The Bertz CT molecular complexity index is 3400. The minimum atomic E-state index is -4.07. The minimum Gasteiger partial charge on any atom is -0.369 e. The van der Waals surface area contributed by atoms with Crippen molar-refractivity contribution in [2.75, 3.05) is 47.5 Å². The van der Waals surface area contributed by atoms with E-state index in [0.717, 1.165) is 54.7 Å². The van der Waals surface area contributed by atoms with Crippen LogP contribution in [0.15, 0.2) is 136 Å². The van der Waals surface area contributed by atoms with Crippen LogP contribution in [-0.4, -0.2) is 94.9 Å². The van der Waals surface area contributed by atoms with Crippen molar-refractivity contribution in [1.29, 1.82) is 0 Å². The first-order chi connectivity index (χ1) is 34.7. The fraction of sp³-hybridized carbons (Fsp3) is 0.289. The van der Waals surface area contributed by atoms with E-state index in [1.54, 1.807) is 48.5 Å². The first kappa shape index (κ1) is 57.0. The molecule has 8 rings (SSSR count). The van der Waals surface area contributed by atoms with Crippen molar-refractivity contribution in [3.63, 3.8) is 0 Å². The molecule has 2 saturated heterocycles. The fourth-order valence-electron chi connectivity index (χ4n) is 7.19. The molecule has 0 bridgehead atoms. The summed E-state index contributed by atoms with van der Waals surface area (Å²) in [6, 6.07) is 21.2. The standard InChI is InChI=1S/C24H27Cl2N5O4S3.C21H19Cl3N4O4S3/c1-2-12-27-23-21(16-28-24(29-23)30-37(32,33)22-11-6-17(25)15-20(22)26)36-18-7-9-19(10-8-18)38(34,35)31-13-4-3-5-14-31;22-14-4-9-19(17(23)12-14)34(29,30)27-21-25-13-18(20(24)26-21)33-15-5-7-16(8-6-15)35(31,32)28-10-2-1-3-11-28/h6-11,15-16H,2-5,12-14H2,1H3,(H2,27,28,29,30);4-9,12-13H,1-3,10-11H2,(H,25,26,27). The van der Waals surface area contributed by atoms with Gasteiger partial charge in [0.25, 0.3) is 20.0 Å². The average molecular weight is 1210 g/mol. The number of anilines is 3. The van der Waals surface area contributed by atoms with E-state index in [-0.39, 0.29) is 46.7 Å². The summed E-state index contributed by atoms with van der Waals surface area (Å²) in [6.07, 6.45) is 9.27. The van der Waals surface area contributed by atoms with Crippen molar-refractivity contribution in [3.8, 4) is 0 Å². The topological polar surface area (TPSA) is 231 Å². The van der Waals surface area contributed by atoms with Gasteiger partial charge in [0, 0.05) is 65.0 Å². The van der Waals surface area contributed by atoms with Crippen LogP contribution in [-0.2, 0) is 40.1 Å². The van der Waals surface area contributed by atoms with E-state index in [1.165, 1.54) is 80.9 Å². The average Bonchev–Trinajstić information content (AvgIpc) is 3.35. The number of nitrogens with one attached hydrogen (secondary N) is 3. The van der Waals surface area contributed by atoms with Crippen LogP contribution in [0.2, 0.25) is 25.2 Å². The van der Waals surface area contributed by atoms with Crippen molar-refractivity contribution in [2.24, 2.45) is 0 Å². The molecule has 2 aliphatic heterocycles. The molecule has 0 radical (unpaired) electrons. The summed E-state index contributed by atoms with van der Waals surface area (Å²) in [5.74, 6) is 0.0899. The Morgan fingerprint density at radius 2 is 0.945 bits per heavy atom. The second kappa shape index (κ2) is 25.0. The van der Waals surface area contributed by atoms with Gasteiger partial charge in [0.1, 0.15) is 20.8 Å². The van der Waals surface area contributed by atoms with Gasteiger partial charge in [0.2, 0.25) is 31.9 Å². The number of piperidine rings is 2. The predicted molar refractivity (Wildman–Crippen MR) is 289 cm³/mol. The van der Waals surface area contributed by atoms with Gasteiger partial charge in [-0.25, -0.2) is 53.1 Å². The van der Waals surface area contributed by atoms with E-state index >= 15 is 0 Å². The van der Waals surface area contributed by atoms with Gasteiger partial charge in [-0.1, -0.05) is 101 Å². The maximum Gasteiger partial charge on any atom is 0.265 e. The molecule has 0 unspecified atom stereocenters. The SMILES string of the molecule is CCCNc1nc(NS(=O)(=O)c2ccc(Cl)cc2Cl)ncc1Sc1ccc(S(=O)(=O)N2CCCCC2)cc1.O=S(=O)(Nc1ncc(Sc2ccc(S(=O)(=O)N3CCCCC3)cc2)c(Cl)n1)c1ccc(Cl)cc1Cl. The number of hydrogen-bond acceptors (Lipinski definition) is 15. The molecule has 6 aromatic rings. The van der Waals surface area contributed by atoms with Crippen LogP contribution in [0.4, 0.5) is 17.7 Å². The molecule has 73 heavy (non-hydrogen) atoms. The minimum absolute atomic E-state index is 0.0211. The van der Waals surface area contributed by atoms with Crippen molar-refractivity contribution >= 4 is 139 Å². The van der Waals surface area contributed by atoms with Crippen LogP contribution in [0.1, 0.15) is 51.9 Å². The zero-order valence-corrected chi connectivity index (χ0v) is 47.2. The summed E-state index contributed by atoms with van der Waals surface area (Å²) >= 11 is 32.6. The van der Waals surface area contributed by atoms with Crippen molar-refractivity contribution in [2.45, 2.75) is 91.0 Å². The predicted octanol–water partition coefficient (Wildman–Crippen LogP) is 11.3. The highest BCUT2D eigenvalue weighted by molar-refractivity contribution is 7.99. The van der Waals surface area contributed by atoms with E-state index < -0.39 is 40.1 Å². The number of nitrogens with zero attached hydrogens (tertiary/aromatic N) is 6. The van der Waals surface area contributed by atoms with Crippen LogP contribution in [0.3, 0.4) is 0 Å². The lowest BCUT2D eigenvalue weighted by Crippen LogP contribution is -2.35. The van der Waals surface area contributed by atoms with Crippen molar-refractivity contribution in [1.82, 2.24) is 28.5 Å². The first-order valence-electron chi connectivity index (χ1n) is 22.3. The lowest BCUT2D eigenvalue weighted by Gasteiger charge is -2.25. The normalized spacial score (nSPS) is 15.0. The van der Waals surface area contributed by atoms with Gasteiger partial charge in [-0.2, -0.15) is 18.6 Å². The Kier molecular flexibility index (Phi) is 19.5. The zero-order valence-electron chi connectivity index (χ0n) is 38.5. The molecule has 2 aromatic heterocycles. The number of hydrogen-bond donors (Lipinski definition) is 3. The van der Waals surface area contributed by atoms with Gasteiger partial charge in [0.05, 0.1) is 29.6 Å². The Morgan fingerprint density at radius 3 is 1.36 bits per heavy atom. The highest BCUT2D eigenvalue weighted by atomic mass is 35.5. The van der Waals surface area contributed by atoms with Gasteiger partial charge in [-0.15, -0.1) is 0 Å². The molecule has 17 nitrogen and oxygen atoms in total. The van der Waals surface area contributed by atoms with Crippen LogP contribution < -0.4 is 14.8 Å². The summed E-state index contributed by atoms with van der Waals surface area (Å²) in [6.45, 7) is 4.76. The lowest BCUT2D eigenvalue weighted by molar-refractivity contribution is 0.346. The zero-order chi connectivity index (χ0) is 52.6. The molecule has 0 aliphatic carbocycles. The number of halogens is 5. The van der Waals surface area contributed by atoms with Gasteiger partial charge >= 0.3 is 0 Å².